The van der Waals surface area contributed by atoms with E-state index in [0.29, 0.717) is 61.4 Å². The molecule has 180 valence electrons. The number of halogens is 2. The van der Waals surface area contributed by atoms with Crippen LogP contribution in [0.2, 0.25) is 0 Å². The van der Waals surface area contributed by atoms with Gasteiger partial charge in [0.2, 0.25) is 12.3 Å². The maximum Gasteiger partial charge on any atom is 0.257 e. The molecule has 35 heavy (non-hydrogen) atoms. The fourth-order valence-corrected chi connectivity index (χ4v) is 5.48. The number of carbonyl (C=O) groups excluding carboxylic acids is 2. The second-order valence-electron chi connectivity index (χ2n) is 9.19. The van der Waals surface area contributed by atoms with Crippen molar-refractivity contribution in [3.63, 3.8) is 0 Å². The summed E-state index contributed by atoms with van der Waals surface area (Å²) in [7, 11) is 0. The van der Waals surface area contributed by atoms with Crippen LogP contribution >= 0.6 is 0 Å². The van der Waals surface area contributed by atoms with E-state index < -0.39 is 29.5 Å². The number of hydrogen-bond acceptors (Lipinski definition) is 6. The monoisotopic (exact) mass is 480 g/mol. The average Bonchev–Trinajstić information content (AvgIpc) is 3.58. The lowest BCUT2D eigenvalue weighted by atomic mass is 9.89. The summed E-state index contributed by atoms with van der Waals surface area (Å²) in [5.41, 5.74) is 0.561. The molecule has 3 fully saturated rings. The number of aromatic nitrogens is 2. The topological polar surface area (TPSA) is 88.8 Å². The molecular formula is C25H22F2N4O4. The first kappa shape index (κ1) is 21.8. The van der Waals surface area contributed by atoms with Gasteiger partial charge in [-0.3, -0.25) is 9.59 Å². The van der Waals surface area contributed by atoms with E-state index in [4.69, 9.17) is 9.15 Å². The molecule has 6 rings (SSSR count). The highest BCUT2D eigenvalue weighted by Crippen LogP contribution is 2.47. The number of hydrogen-bond donors (Lipinski definition) is 0. The van der Waals surface area contributed by atoms with Gasteiger partial charge in [-0.1, -0.05) is 6.07 Å². The molecule has 2 amide bonds. The Kier molecular flexibility index (Phi) is 5.14. The average molecular weight is 480 g/mol. The lowest BCUT2D eigenvalue weighted by molar-refractivity contribution is -0.142. The fourth-order valence-electron chi connectivity index (χ4n) is 5.48. The van der Waals surface area contributed by atoms with E-state index in [1.165, 1.54) is 18.5 Å². The molecule has 0 radical (unpaired) electrons. The van der Waals surface area contributed by atoms with E-state index in [1.807, 2.05) is 0 Å². The number of ether oxygens (including phenoxy) is 1. The van der Waals surface area contributed by atoms with Crippen LogP contribution in [0.1, 0.15) is 47.6 Å². The van der Waals surface area contributed by atoms with Crippen molar-refractivity contribution in [2.45, 2.75) is 43.6 Å². The Labute approximate surface area is 199 Å². The minimum Gasteiger partial charge on any atom is -0.423 e. The highest BCUT2D eigenvalue weighted by Gasteiger charge is 2.58. The van der Waals surface area contributed by atoms with Crippen molar-refractivity contribution >= 4 is 11.8 Å². The van der Waals surface area contributed by atoms with Gasteiger partial charge in [0.15, 0.2) is 5.60 Å². The van der Waals surface area contributed by atoms with Gasteiger partial charge in [0.25, 0.3) is 11.8 Å². The quantitative estimate of drug-likeness (QED) is 0.568. The zero-order valence-corrected chi connectivity index (χ0v) is 18.7. The molecule has 4 heterocycles. The van der Waals surface area contributed by atoms with E-state index in [0.717, 1.165) is 6.07 Å². The van der Waals surface area contributed by atoms with Crippen LogP contribution in [0.3, 0.4) is 0 Å². The molecule has 3 aromatic rings. The predicted molar refractivity (Wildman–Crippen MR) is 118 cm³/mol. The van der Waals surface area contributed by atoms with Crippen LogP contribution in [0.25, 0.3) is 11.5 Å². The highest BCUT2D eigenvalue weighted by atomic mass is 19.1. The van der Waals surface area contributed by atoms with Crippen LogP contribution < -0.4 is 0 Å². The third-order valence-electron chi connectivity index (χ3n) is 7.16. The molecule has 0 bridgehead atoms. The third kappa shape index (κ3) is 3.68. The Morgan fingerprint density at radius 1 is 1.06 bits per heavy atom. The predicted octanol–water partition coefficient (Wildman–Crippen LogP) is 3.71. The molecule has 0 N–H and O–H groups in total. The van der Waals surface area contributed by atoms with E-state index in [9.17, 15) is 18.4 Å². The van der Waals surface area contributed by atoms with Crippen LogP contribution in [-0.4, -0.2) is 56.7 Å². The van der Waals surface area contributed by atoms with Crippen LogP contribution in [0.15, 0.2) is 53.3 Å². The second-order valence-corrected chi connectivity index (χ2v) is 9.19. The first-order valence-corrected chi connectivity index (χ1v) is 11.6. The Morgan fingerprint density at radius 2 is 1.83 bits per heavy atom. The second kappa shape index (κ2) is 8.23. The van der Waals surface area contributed by atoms with Gasteiger partial charge in [-0.15, -0.1) is 10.2 Å². The maximum atomic E-state index is 13.8. The summed E-state index contributed by atoms with van der Waals surface area (Å²) in [4.78, 5) is 30.0. The number of benzene rings is 2. The molecule has 1 aromatic heterocycles. The molecule has 3 saturated heterocycles. The number of likely N-dealkylation sites (tertiary alicyclic amines) is 1. The fraction of sp³-hybridized carbons (Fsp3) is 0.360. The van der Waals surface area contributed by atoms with Gasteiger partial charge in [0, 0.05) is 43.1 Å². The van der Waals surface area contributed by atoms with Crippen molar-refractivity contribution < 1.29 is 27.5 Å². The summed E-state index contributed by atoms with van der Waals surface area (Å²) in [6, 6.07) is 9.92. The summed E-state index contributed by atoms with van der Waals surface area (Å²) in [6.07, 6.45) is 2.70. The number of carbonyl (C=O) groups is 2. The normalized spacial score (nSPS) is 23.2. The molecular weight excluding hydrogens is 458 g/mol. The number of amides is 2. The maximum absolute atomic E-state index is 13.8. The van der Waals surface area contributed by atoms with Crippen molar-refractivity contribution in [3.8, 4) is 11.5 Å². The molecule has 0 saturated carbocycles. The molecule has 10 heteroatoms. The molecule has 3 aliphatic heterocycles. The number of fused-ring (bicyclic) bond motifs is 1. The van der Waals surface area contributed by atoms with Crippen LogP contribution in [0.5, 0.6) is 0 Å². The zero-order valence-electron chi connectivity index (χ0n) is 18.7. The van der Waals surface area contributed by atoms with Crippen LogP contribution in [0, 0.1) is 11.6 Å². The van der Waals surface area contributed by atoms with Gasteiger partial charge in [-0.05, 0) is 48.7 Å². The third-order valence-corrected chi connectivity index (χ3v) is 7.16. The van der Waals surface area contributed by atoms with Crippen molar-refractivity contribution in [2.75, 3.05) is 13.1 Å². The zero-order chi connectivity index (χ0) is 24.2. The Morgan fingerprint density at radius 3 is 2.54 bits per heavy atom. The van der Waals surface area contributed by atoms with Gasteiger partial charge in [0.1, 0.15) is 17.9 Å². The minimum atomic E-state index is -1.02. The summed E-state index contributed by atoms with van der Waals surface area (Å²) in [6.45, 7) is 0.713. The van der Waals surface area contributed by atoms with Crippen LogP contribution in [0.4, 0.5) is 8.78 Å². The van der Waals surface area contributed by atoms with E-state index in [2.05, 4.69) is 10.2 Å². The molecule has 8 nitrogen and oxygen atoms in total. The Hall–Kier alpha value is -3.66. The standard InChI is InChI=1S/C25H22F2N4O4/c26-18-11-17(12-19(27)13-18)20-4-5-21-31(20)24(33)25(35-21)6-8-30(9-7-25)23(32)16-3-1-2-15(10-16)22-29-28-14-34-22/h1-3,10-14,20-21H,4-9H2/t20-,21?/m0/s1. The molecule has 0 aliphatic carbocycles. The van der Waals surface area contributed by atoms with Gasteiger partial charge >= 0.3 is 0 Å². The molecule has 2 aromatic carbocycles. The van der Waals surface area contributed by atoms with Crippen molar-refractivity contribution in [3.05, 3.63) is 71.6 Å². The number of rotatable bonds is 3. The lowest BCUT2D eigenvalue weighted by Crippen LogP contribution is -2.51. The van der Waals surface area contributed by atoms with Crippen molar-refractivity contribution in [1.82, 2.24) is 20.0 Å². The number of nitrogens with zero attached hydrogens (tertiary/aromatic N) is 4. The van der Waals surface area contributed by atoms with Crippen molar-refractivity contribution in [2.24, 2.45) is 0 Å². The van der Waals surface area contributed by atoms with E-state index in [-0.39, 0.29) is 11.8 Å². The molecule has 2 atom stereocenters. The molecule has 3 aliphatic rings. The van der Waals surface area contributed by atoms with E-state index >= 15 is 0 Å². The molecule has 1 unspecified atom stereocenters. The van der Waals surface area contributed by atoms with Crippen molar-refractivity contribution in [1.29, 1.82) is 0 Å². The lowest BCUT2D eigenvalue weighted by Gasteiger charge is -2.37. The first-order valence-electron chi connectivity index (χ1n) is 11.6. The Balaban J connectivity index is 1.17. The van der Waals surface area contributed by atoms with Gasteiger partial charge < -0.3 is 19.0 Å². The summed E-state index contributed by atoms with van der Waals surface area (Å²) in [5, 5.41) is 7.55. The smallest absolute Gasteiger partial charge is 0.257 e. The van der Waals surface area contributed by atoms with Gasteiger partial charge in [0.05, 0.1) is 6.04 Å². The number of piperidine rings is 1. The summed E-state index contributed by atoms with van der Waals surface area (Å²) in [5.74, 6) is -1.32. The first-order chi connectivity index (χ1) is 16.9. The summed E-state index contributed by atoms with van der Waals surface area (Å²) < 4.78 is 39.1. The van der Waals surface area contributed by atoms with E-state index in [1.54, 1.807) is 34.1 Å². The molecule has 1 spiro atoms. The summed E-state index contributed by atoms with van der Waals surface area (Å²) >= 11 is 0. The Bertz CT molecular complexity index is 1270. The minimum absolute atomic E-state index is 0.153. The van der Waals surface area contributed by atoms with Gasteiger partial charge in [-0.2, -0.15) is 0 Å². The largest absolute Gasteiger partial charge is 0.423 e. The SMILES string of the molecule is O=C(c1cccc(-c2nnco2)c1)N1CCC2(CC1)OC1CC[C@@H](c3cc(F)cc(F)c3)N1C2=O. The van der Waals surface area contributed by atoms with Gasteiger partial charge in [-0.25, -0.2) is 8.78 Å². The highest BCUT2D eigenvalue weighted by molar-refractivity contribution is 5.96. The van der Waals surface area contributed by atoms with Crippen LogP contribution in [-0.2, 0) is 9.53 Å².